The van der Waals surface area contributed by atoms with Crippen LogP contribution in [-0.2, 0) is 0 Å². The third-order valence-electron chi connectivity index (χ3n) is 14.0. The van der Waals surface area contributed by atoms with Crippen LogP contribution in [0.1, 0.15) is 52.5 Å². The summed E-state index contributed by atoms with van der Waals surface area (Å²) in [6.45, 7) is 6.20. The van der Waals surface area contributed by atoms with Gasteiger partial charge in [0, 0.05) is 15.0 Å². The van der Waals surface area contributed by atoms with Crippen molar-refractivity contribution in [3.63, 3.8) is 0 Å². The van der Waals surface area contributed by atoms with E-state index in [1.54, 1.807) is 0 Å². The molecule has 0 bridgehead atoms. The fourth-order valence-electron chi connectivity index (χ4n) is 10.5. The van der Waals surface area contributed by atoms with E-state index in [1.165, 1.54) is 131 Å². The van der Waals surface area contributed by atoms with E-state index < -0.39 is 0 Å². The van der Waals surface area contributed by atoms with Gasteiger partial charge in [0.15, 0.2) is 0 Å². The first kappa shape index (κ1) is 43.0. The molecule has 0 aliphatic heterocycles. The molecule has 0 unspecified atom stereocenters. The van der Waals surface area contributed by atoms with E-state index in [1.807, 2.05) is 17.4 Å². The van der Waals surface area contributed by atoms with Crippen LogP contribution < -0.4 is 0 Å². The Hall–Kier alpha value is -8.36. The molecule has 9 aromatic carbocycles. The van der Waals surface area contributed by atoms with Crippen LogP contribution in [0.2, 0.25) is 0 Å². The van der Waals surface area contributed by atoms with E-state index >= 15 is 0 Å². The highest BCUT2D eigenvalue weighted by atomic mass is 32.1. The largest absolute Gasteiger partial charge is 0.135 e. The lowest BCUT2D eigenvalue weighted by Crippen LogP contribution is -1.88. The molecule has 0 N–H and O–H groups in total. The third kappa shape index (κ3) is 8.05. The maximum Gasteiger partial charge on any atom is 0.0433 e. The van der Waals surface area contributed by atoms with Crippen LogP contribution in [0.5, 0.6) is 0 Å². The molecule has 0 saturated carbocycles. The Labute approximate surface area is 414 Å². The van der Waals surface area contributed by atoms with Crippen LogP contribution in [-0.4, -0.2) is 0 Å². The highest BCUT2D eigenvalue weighted by molar-refractivity contribution is 7.20. The topological polar surface area (TPSA) is 0 Å². The van der Waals surface area contributed by atoms with Gasteiger partial charge < -0.3 is 0 Å². The minimum absolute atomic E-state index is 0.857. The van der Waals surface area contributed by atoms with Gasteiger partial charge in [-0.3, -0.25) is 0 Å². The summed E-state index contributed by atoms with van der Waals surface area (Å²) in [6.07, 6.45) is 26.6. The van der Waals surface area contributed by atoms with Gasteiger partial charge in [0.25, 0.3) is 0 Å². The molecule has 2 aliphatic rings. The van der Waals surface area contributed by atoms with Crippen molar-refractivity contribution in [3.05, 3.63) is 276 Å². The smallest absolute Gasteiger partial charge is 0.0433 e. The zero-order valence-corrected chi connectivity index (χ0v) is 40.0. The van der Waals surface area contributed by atoms with Crippen molar-refractivity contribution in [1.82, 2.24) is 0 Å². The van der Waals surface area contributed by atoms with E-state index in [9.17, 15) is 0 Å². The van der Waals surface area contributed by atoms with Crippen molar-refractivity contribution < 1.29 is 0 Å². The first-order valence-electron chi connectivity index (χ1n) is 24.3. The quantitative estimate of drug-likeness (QED) is 0.127. The lowest BCUT2D eigenvalue weighted by Gasteiger charge is -2.13. The predicted octanol–water partition coefficient (Wildman–Crippen LogP) is 19.9. The average Bonchev–Trinajstić information content (AvgIpc) is 3.58. The second kappa shape index (κ2) is 18.6. The zero-order chi connectivity index (χ0) is 47.0. The van der Waals surface area contributed by atoms with Gasteiger partial charge in [-0.05, 0) is 172 Å². The Kier molecular flexibility index (Phi) is 11.4. The van der Waals surface area contributed by atoms with E-state index in [0.29, 0.717) is 0 Å². The molecule has 1 aromatic heterocycles. The van der Waals surface area contributed by atoms with Gasteiger partial charge in [-0.25, -0.2) is 0 Å². The SMILES string of the molecule is C=Cc1c(/C=C\C)sc2c(-c3cccc(C4=CCC=C(c5cccc(-c6cccc(-c7ccc(C8=CC(c9ccc%10c%11ccccc%11c%11ccccc%11c%10c9)=CCC=C8)cc7)c6)c5)C=C4)c3)cccc12. The first-order chi connectivity index (χ1) is 34.6. The van der Waals surface area contributed by atoms with E-state index in [0.717, 1.165) is 12.8 Å². The first-order valence-corrected chi connectivity index (χ1v) is 25.2. The summed E-state index contributed by atoms with van der Waals surface area (Å²) in [5.41, 5.74) is 18.3. The minimum atomic E-state index is 0.857. The van der Waals surface area contributed by atoms with Gasteiger partial charge in [0.1, 0.15) is 0 Å². The van der Waals surface area contributed by atoms with Crippen molar-refractivity contribution in [2.75, 3.05) is 0 Å². The average molecular weight is 911 g/mol. The molecule has 10 aromatic rings. The molecule has 2 aliphatic carbocycles. The third-order valence-corrected chi connectivity index (χ3v) is 15.3. The van der Waals surface area contributed by atoms with Gasteiger partial charge in [-0.15, -0.1) is 11.3 Å². The maximum atomic E-state index is 4.13. The Balaban J connectivity index is 0.774. The van der Waals surface area contributed by atoms with Crippen molar-refractivity contribution in [3.8, 4) is 33.4 Å². The number of allylic oxidation sites excluding steroid dienone is 13. The Morgan fingerprint density at radius 1 is 0.400 bits per heavy atom. The molecule has 0 spiro atoms. The van der Waals surface area contributed by atoms with Crippen molar-refractivity contribution >= 4 is 88.2 Å². The number of rotatable bonds is 9. The second-order valence-electron chi connectivity index (χ2n) is 18.2. The van der Waals surface area contributed by atoms with Crippen LogP contribution in [0, 0.1) is 0 Å². The van der Waals surface area contributed by atoms with Gasteiger partial charge in [-0.2, -0.15) is 0 Å². The van der Waals surface area contributed by atoms with Crippen LogP contribution in [0.3, 0.4) is 0 Å². The molecule has 1 heteroatoms. The van der Waals surface area contributed by atoms with E-state index in [4.69, 9.17) is 0 Å². The number of hydrogen-bond acceptors (Lipinski definition) is 1. The standard InChI is InChI=1S/C69H50S/c1-3-16-68-59(4-2)66-32-15-31-60(69(66)70-68)58-26-14-23-53(44-58)47-20-11-19-46(33-34-47)51-21-12-24-55(42-51)56-25-13-22-52(43-56)49-37-35-48(36-38-49)50-17-5-6-18-54(41-50)57-39-40-65-63-29-8-7-27-61(63)62-28-9-10-30-64(62)67(65)45-57/h3-5,7-10,12-45H,2,6,11H2,1H3/b16-3-. The van der Waals surface area contributed by atoms with Crippen LogP contribution in [0.15, 0.2) is 243 Å². The fraction of sp³-hybridized carbons (Fsp3) is 0.0435. The second-order valence-corrected chi connectivity index (χ2v) is 19.3. The van der Waals surface area contributed by atoms with E-state index in [-0.39, 0.29) is 0 Å². The molecule has 0 radical (unpaired) electrons. The highest BCUT2D eigenvalue weighted by Crippen LogP contribution is 2.42. The fourth-order valence-corrected chi connectivity index (χ4v) is 11.8. The summed E-state index contributed by atoms with van der Waals surface area (Å²) < 4.78 is 1.30. The summed E-state index contributed by atoms with van der Waals surface area (Å²) in [5, 5.41) is 9.06. The molecule has 0 saturated heterocycles. The van der Waals surface area contributed by atoms with Gasteiger partial charge in [0.2, 0.25) is 0 Å². The molecule has 0 fully saturated rings. The summed E-state index contributed by atoms with van der Waals surface area (Å²) in [7, 11) is 0. The maximum absolute atomic E-state index is 4.13. The summed E-state index contributed by atoms with van der Waals surface area (Å²) >= 11 is 1.84. The molecule has 0 amide bonds. The lowest BCUT2D eigenvalue weighted by atomic mass is 9.91. The van der Waals surface area contributed by atoms with Crippen molar-refractivity contribution in [2.24, 2.45) is 0 Å². The molecule has 12 rings (SSSR count). The highest BCUT2D eigenvalue weighted by Gasteiger charge is 2.15. The monoisotopic (exact) mass is 910 g/mol. The normalized spacial score (nSPS) is 13.9. The molecular weight excluding hydrogens is 861 g/mol. The van der Waals surface area contributed by atoms with Crippen LogP contribution >= 0.6 is 11.3 Å². The Morgan fingerprint density at radius 2 is 0.900 bits per heavy atom. The molecule has 332 valence electrons. The minimum Gasteiger partial charge on any atom is -0.135 e. The van der Waals surface area contributed by atoms with Crippen molar-refractivity contribution in [2.45, 2.75) is 19.8 Å². The molecule has 0 nitrogen and oxygen atoms in total. The number of fused-ring (bicyclic) bond motifs is 7. The lowest BCUT2D eigenvalue weighted by molar-refractivity contribution is 1.40. The predicted molar refractivity (Wildman–Crippen MR) is 308 cm³/mol. The molecular formula is C69H50S. The number of benzene rings is 9. The molecule has 0 atom stereocenters. The van der Waals surface area contributed by atoms with Crippen LogP contribution in [0.4, 0.5) is 0 Å². The molecule has 70 heavy (non-hydrogen) atoms. The Bertz CT molecular complexity index is 3910. The van der Waals surface area contributed by atoms with Gasteiger partial charge >= 0.3 is 0 Å². The molecule has 1 heterocycles. The summed E-state index contributed by atoms with van der Waals surface area (Å²) in [4.78, 5) is 1.25. The Morgan fingerprint density at radius 3 is 1.56 bits per heavy atom. The number of hydrogen-bond donors (Lipinski definition) is 0. The zero-order valence-electron chi connectivity index (χ0n) is 39.2. The van der Waals surface area contributed by atoms with E-state index in [2.05, 4.69) is 256 Å². The van der Waals surface area contributed by atoms with Gasteiger partial charge in [-0.1, -0.05) is 219 Å². The van der Waals surface area contributed by atoms with Gasteiger partial charge in [0.05, 0.1) is 0 Å². The summed E-state index contributed by atoms with van der Waals surface area (Å²) in [6, 6.07) is 67.3. The van der Waals surface area contributed by atoms with Crippen molar-refractivity contribution in [1.29, 1.82) is 0 Å². The number of thiophene rings is 1. The summed E-state index contributed by atoms with van der Waals surface area (Å²) in [5.74, 6) is 0. The van der Waals surface area contributed by atoms with Crippen LogP contribution in [0.25, 0.3) is 110 Å².